The molecule has 1 aromatic carbocycles. The first-order chi connectivity index (χ1) is 17.5. The highest BCUT2D eigenvalue weighted by Crippen LogP contribution is 2.32. The molecule has 0 unspecified atom stereocenters. The first-order valence-corrected chi connectivity index (χ1v) is 12.4. The summed E-state index contributed by atoms with van der Waals surface area (Å²) in [6, 6.07) is 7.66. The van der Waals surface area contributed by atoms with Gasteiger partial charge in [-0.05, 0) is 72.7 Å². The lowest BCUT2D eigenvalue weighted by molar-refractivity contribution is -0.153. The number of carbonyl (C=O) groups is 4. The number of nitrogens with one attached hydrogen (secondary N) is 2. The van der Waals surface area contributed by atoms with Crippen LogP contribution in [0.3, 0.4) is 0 Å². The van der Waals surface area contributed by atoms with Gasteiger partial charge in [-0.2, -0.15) is 0 Å². The average molecular weight is 516 g/mol. The summed E-state index contributed by atoms with van der Waals surface area (Å²) in [7, 11) is 0. The van der Waals surface area contributed by atoms with Crippen molar-refractivity contribution in [2.24, 2.45) is 5.92 Å². The highest BCUT2D eigenvalue weighted by Gasteiger charge is 2.42. The Hall–Kier alpha value is -3.82. The SMILES string of the molecule is CCOC(=O)C1=C(C)NC(C)=C(C(=O)OCC)C1C(=O)OCC(=O)Nc1ccc(N(CC)C(C)C)cc1. The number of allylic oxidation sites excluding steroid dienone is 2. The second-order valence-electron chi connectivity index (χ2n) is 8.66. The van der Waals surface area contributed by atoms with Crippen molar-refractivity contribution in [3.05, 3.63) is 46.8 Å². The molecular formula is C27H37N3O7. The molecule has 10 heteroatoms. The summed E-state index contributed by atoms with van der Waals surface area (Å²) >= 11 is 0. The van der Waals surface area contributed by atoms with Crippen molar-refractivity contribution in [2.75, 3.05) is 36.6 Å². The lowest BCUT2D eigenvalue weighted by atomic mass is 9.85. The van der Waals surface area contributed by atoms with Gasteiger partial charge in [0.2, 0.25) is 0 Å². The van der Waals surface area contributed by atoms with Crippen LogP contribution in [-0.2, 0) is 33.4 Å². The summed E-state index contributed by atoms with van der Waals surface area (Å²) in [4.78, 5) is 53.3. The lowest BCUT2D eigenvalue weighted by Gasteiger charge is -2.28. The zero-order chi connectivity index (χ0) is 27.7. The second kappa shape index (κ2) is 13.5. The predicted molar refractivity (Wildman–Crippen MR) is 139 cm³/mol. The minimum atomic E-state index is -1.40. The predicted octanol–water partition coefficient (Wildman–Crippen LogP) is 3.30. The third-order valence-corrected chi connectivity index (χ3v) is 5.78. The summed E-state index contributed by atoms with van der Waals surface area (Å²) in [5, 5.41) is 5.62. The molecule has 202 valence electrons. The Balaban J connectivity index is 2.18. The van der Waals surface area contributed by atoms with E-state index in [1.54, 1.807) is 39.8 Å². The summed E-state index contributed by atoms with van der Waals surface area (Å²) in [6.07, 6.45) is 0. The van der Waals surface area contributed by atoms with Gasteiger partial charge in [-0.25, -0.2) is 9.59 Å². The number of ether oxygens (including phenoxy) is 3. The maximum Gasteiger partial charge on any atom is 0.337 e. The molecule has 10 nitrogen and oxygen atoms in total. The molecule has 0 atom stereocenters. The van der Waals surface area contributed by atoms with Crippen molar-refractivity contribution in [1.29, 1.82) is 0 Å². The largest absolute Gasteiger partial charge is 0.463 e. The molecule has 0 saturated heterocycles. The first-order valence-electron chi connectivity index (χ1n) is 12.4. The van der Waals surface area contributed by atoms with Crippen molar-refractivity contribution in [3.63, 3.8) is 0 Å². The van der Waals surface area contributed by atoms with Crippen LogP contribution in [0.1, 0.15) is 48.5 Å². The summed E-state index contributed by atoms with van der Waals surface area (Å²) in [5.41, 5.74) is 2.12. The molecule has 0 fully saturated rings. The number of hydrogen-bond acceptors (Lipinski definition) is 9. The van der Waals surface area contributed by atoms with E-state index in [-0.39, 0.29) is 24.4 Å². The molecule has 1 aliphatic rings. The molecule has 0 spiro atoms. The van der Waals surface area contributed by atoms with Crippen LogP contribution in [0.5, 0.6) is 0 Å². The van der Waals surface area contributed by atoms with Crippen LogP contribution in [0.15, 0.2) is 46.8 Å². The van der Waals surface area contributed by atoms with Gasteiger partial charge in [-0.15, -0.1) is 0 Å². The summed E-state index contributed by atoms with van der Waals surface area (Å²) < 4.78 is 15.5. The van der Waals surface area contributed by atoms with E-state index in [1.165, 1.54) is 0 Å². The van der Waals surface area contributed by atoms with Gasteiger partial charge >= 0.3 is 17.9 Å². The lowest BCUT2D eigenvalue weighted by Crippen LogP contribution is -2.39. The van der Waals surface area contributed by atoms with E-state index in [9.17, 15) is 19.2 Å². The van der Waals surface area contributed by atoms with Crippen molar-refractivity contribution >= 4 is 35.2 Å². The van der Waals surface area contributed by atoms with E-state index >= 15 is 0 Å². The van der Waals surface area contributed by atoms with Gasteiger partial charge in [0.1, 0.15) is 5.92 Å². The van der Waals surface area contributed by atoms with Crippen LogP contribution < -0.4 is 15.5 Å². The standard InChI is InChI=1S/C27H37N3O7/c1-8-30(16(4)5)20-13-11-19(12-14-20)29-21(31)15-37-27(34)24-22(25(32)35-9-2)17(6)28-18(7)23(24)26(33)36-10-3/h11-14,16,24,28H,8-10,15H2,1-7H3,(H,29,31). The first kappa shape index (κ1) is 29.4. The van der Waals surface area contributed by atoms with Crippen molar-refractivity contribution in [1.82, 2.24) is 5.32 Å². The Morgan fingerprint density at radius 2 is 1.41 bits per heavy atom. The van der Waals surface area contributed by atoms with Crippen LogP contribution in [-0.4, -0.2) is 56.2 Å². The molecule has 1 heterocycles. The molecule has 0 aliphatic carbocycles. The third-order valence-electron chi connectivity index (χ3n) is 5.78. The number of rotatable bonds is 11. The van der Waals surface area contributed by atoms with Gasteiger partial charge < -0.3 is 29.7 Å². The monoisotopic (exact) mass is 515 g/mol. The fraction of sp³-hybridized carbons (Fsp3) is 0.481. The fourth-order valence-corrected chi connectivity index (χ4v) is 4.19. The third kappa shape index (κ3) is 7.34. The van der Waals surface area contributed by atoms with E-state index < -0.39 is 36.3 Å². The van der Waals surface area contributed by atoms with Crippen LogP contribution in [0, 0.1) is 5.92 Å². The smallest absolute Gasteiger partial charge is 0.337 e. The number of benzene rings is 1. The number of anilines is 2. The number of hydrogen-bond donors (Lipinski definition) is 2. The molecule has 0 aromatic heterocycles. The van der Waals surface area contributed by atoms with Crippen LogP contribution in [0.4, 0.5) is 11.4 Å². The Morgan fingerprint density at radius 3 is 1.84 bits per heavy atom. The Morgan fingerprint density at radius 1 is 0.892 bits per heavy atom. The molecule has 1 aromatic rings. The summed E-state index contributed by atoms with van der Waals surface area (Å²) in [5.74, 6) is -4.44. The zero-order valence-electron chi connectivity index (χ0n) is 22.6. The van der Waals surface area contributed by atoms with Gasteiger partial charge in [0, 0.05) is 35.4 Å². The number of amides is 1. The minimum Gasteiger partial charge on any atom is -0.463 e. The van der Waals surface area contributed by atoms with Gasteiger partial charge in [0.25, 0.3) is 5.91 Å². The quantitative estimate of drug-likeness (QED) is 0.337. The number of carbonyl (C=O) groups excluding carboxylic acids is 4. The molecule has 2 N–H and O–H groups in total. The molecule has 37 heavy (non-hydrogen) atoms. The highest BCUT2D eigenvalue weighted by molar-refractivity contribution is 6.06. The summed E-state index contributed by atoms with van der Waals surface area (Å²) in [6.45, 7) is 13.1. The minimum absolute atomic E-state index is 0.0675. The molecule has 0 bridgehead atoms. The second-order valence-corrected chi connectivity index (χ2v) is 8.66. The average Bonchev–Trinajstić information content (AvgIpc) is 2.83. The van der Waals surface area contributed by atoms with Gasteiger partial charge in [0.15, 0.2) is 6.61 Å². The zero-order valence-corrected chi connectivity index (χ0v) is 22.6. The Labute approximate surface area is 218 Å². The van der Waals surface area contributed by atoms with Crippen molar-refractivity contribution in [3.8, 4) is 0 Å². The number of nitrogens with zero attached hydrogens (tertiary/aromatic N) is 1. The molecule has 1 aliphatic heterocycles. The Kier molecular flexibility index (Phi) is 10.7. The molecular weight excluding hydrogens is 478 g/mol. The molecule has 0 saturated carbocycles. The molecule has 2 rings (SSSR count). The van der Waals surface area contributed by atoms with E-state index in [2.05, 4.69) is 36.3 Å². The van der Waals surface area contributed by atoms with Crippen LogP contribution >= 0.6 is 0 Å². The molecule has 0 radical (unpaired) electrons. The van der Waals surface area contributed by atoms with Crippen LogP contribution in [0.2, 0.25) is 0 Å². The van der Waals surface area contributed by atoms with Crippen molar-refractivity contribution < 1.29 is 33.4 Å². The number of dihydropyridines is 1. The van der Waals surface area contributed by atoms with Gasteiger partial charge in [-0.3, -0.25) is 9.59 Å². The fourth-order valence-electron chi connectivity index (χ4n) is 4.19. The van der Waals surface area contributed by atoms with E-state index in [0.29, 0.717) is 23.1 Å². The maximum atomic E-state index is 13.2. The van der Waals surface area contributed by atoms with Crippen molar-refractivity contribution in [2.45, 2.75) is 54.5 Å². The maximum absolute atomic E-state index is 13.2. The number of esters is 3. The normalized spacial score (nSPS) is 13.7. The van der Waals surface area contributed by atoms with E-state index in [0.717, 1.165) is 12.2 Å². The van der Waals surface area contributed by atoms with Gasteiger partial charge in [0.05, 0.1) is 24.4 Å². The molecule has 1 amide bonds. The topological polar surface area (TPSA) is 123 Å². The Bertz CT molecular complexity index is 1030. The van der Waals surface area contributed by atoms with E-state index in [1.807, 2.05) is 12.1 Å². The van der Waals surface area contributed by atoms with Gasteiger partial charge in [-0.1, -0.05) is 0 Å². The highest BCUT2D eigenvalue weighted by atomic mass is 16.5. The van der Waals surface area contributed by atoms with E-state index in [4.69, 9.17) is 14.2 Å². The van der Waals surface area contributed by atoms with Crippen LogP contribution in [0.25, 0.3) is 0 Å².